The van der Waals surface area contributed by atoms with E-state index in [4.69, 9.17) is 0 Å². The molecule has 118 valence electrons. The van der Waals surface area contributed by atoms with Crippen LogP contribution in [0.25, 0.3) is 0 Å². The maximum absolute atomic E-state index is 12.6. The molecule has 2 atom stereocenters. The van der Waals surface area contributed by atoms with Gasteiger partial charge >= 0.3 is 0 Å². The van der Waals surface area contributed by atoms with Crippen LogP contribution in [-0.2, 0) is 6.54 Å². The fourth-order valence-corrected chi connectivity index (χ4v) is 3.74. The third-order valence-electron chi connectivity index (χ3n) is 5.06. The molecule has 4 nitrogen and oxygen atoms in total. The minimum absolute atomic E-state index is 0.0654. The Bertz CT molecular complexity index is 674. The lowest BCUT2D eigenvalue weighted by atomic mass is 9.82. The van der Waals surface area contributed by atoms with Crippen LogP contribution in [0.5, 0.6) is 0 Å². The molecule has 3 heterocycles. The molecule has 2 aliphatic heterocycles. The van der Waals surface area contributed by atoms with E-state index in [1.807, 2.05) is 17.0 Å². The van der Waals surface area contributed by atoms with E-state index in [-0.39, 0.29) is 5.91 Å². The van der Waals surface area contributed by atoms with Crippen LogP contribution in [-0.4, -0.2) is 46.4 Å². The molecule has 0 radical (unpaired) electrons. The van der Waals surface area contributed by atoms with Gasteiger partial charge in [0.05, 0.1) is 0 Å². The molecule has 0 unspecified atom stereocenters. The van der Waals surface area contributed by atoms with Gasteiger partial charge in [-0.25, -0.2) is 0 Å². The van der Waals surface area contributed by atoms with Gasteiger partial charge in [0.1, 0.15) is 5.69 Å². The zero-order chi connectivity index (χ0) is 15.6. The lowest BCUT2D eigenvalue weighted by Gasteiger charge is -2.53. The van der Waals surface area contributed by atoms with Crippen molar-refractivity contribution in [2.75, 3.05) is 19.6 Å². The number of aromatic nitrogens is 1. The second-order valence-corrected chi connectivity index (χ2v) is 6.50. The third kappa shape index (κ3) is 2.86. The van der Waals surface area contributed by atoms with Crippen molar-refractivity contribution in [3.8, 4) is 0 Å². The number of rotatable bonds is 3. The van der Waals surface area contributed by atoms with Gasteiger partial charge in [0, 0.05) is 38.4 Å². The first-order valence-corrected chi connectivity index (χ1v) is 8.29. The van der Waals surface area contributed by atoms with E-state index in [9.17, 15) is 4.79 Å². The molecule has 1 amide bonds. The Morgan fingerprint density at radius 2 is 1.91 bits per heavy atom. The molecule has 2 fully saturated rings. The zero-order valence-electron chi connectivity index (χ0n) is 13.1. The number of carbonyl (C=O) groups is 1. The summed E-state index contributed by atoms with van der Waals surface area (Å²) in [5.74, 6) is 0.808. The number of piperidine rings is 1. The largest absolute Gasteiger partial charge is 0.336 e. The topological polar surface area (TPSA) is 36.4 Å². The van der Waals surface area contributed by atoms with E-state index in [1.54, 1.807) is 12.3 Å². The first-order chi connectivity index (χ1) is 11.3. The number of benzene rings is 1. The van der Waals surface area contributed by atoms with Crippen molar-refractivity contribution in [1.29, 1.82) is 0 Å². The summed E-state index contributed by atoms with van der Waals surface area (Å²) < 4.78 is 0. The summed E-state index contributed by atoms with van der Waals surface area (Å²) in [6.07, 6.45) is 2.79. The monoisotopic (exact) mass is 307 g/mol. The van der Waals surface area contributed by atoms with Gasteiger partial charge in [0.25, 0.3) is 5.91 Å². The molecule has 4 heteroatoms. The SMILES string of the molecule is O=C(c1ccccn1)N1CC[C@@H]2CN(Cc3ccccc3)[C@@H]2C1. The first kappa shape index (κ1) is 14.4. The fraction of sp³-hybridized carbons (Fsp3) is 0.368. The van der Waals surface area contributed by atoms with Crippen LogP contribution >= 0.6 is 0 Å². The number of likely N-dealkylation sites (tertiary alicyclic amines) is 2. The van der Waals surface area contributed by atoms with E-state index in [0.717, 1.165) is 38.5 Å². The number of amides is 1. The molecule has 2 aromatic rings. The highest BCUT2D eigenvalue weighted by atomic mass is 16.2. The van der Waals surface area contributed by atoms with E-state index in [2.05, 4.69) is 40.2 Å². The van der Waals surface area contributed by atoms with Crippen LogP contribution in [0.15, 0.2) is 54.7 Å². The molecule has 2 saturated heterocycles. The quantitative estimate of drug-likeness (QED) is 0.874. The summed E-state index contributed by atoms with van der Waals surface area (Å²) in [4.78, 5) is 21.3. The van der Waals surface area contributed by atoms with Crippen molar-refractivity contribution in [1.82, 2.24) is 14.8 Å². The molecule has 2 aliphatic rings. The standard InChI is InChI=1S/C19H21N3O/c23-19(17-8-4-5-10-20-17)21-11-9-16-13-22(18(16)14-21)12-15-6-2-1-3-7-15/h1-8,10,16,18H,9,11-14H2/t16-,18-/m1/s1. The average molecular weight is 307 g/mol. The molecule has 0 spiro atoms. The first-order valence-electron chi connectivity index (χ1n) is 8.29. The van der Waals surface area contributed by atoms with Gasteiger partial charge in [-0.2, -0.15) is 0 Å². The molecule has 0 aliphatic carbocycles. The van der Waals surface area contributed by atoms with Crippen molar-refractivity contribution in [3.63, 3.8) is 0 Å². The van der Waals surface area contributed by atoms with Crippen molar-refractivity contribution >= 4 is 5.91 Å². The van der Waals surface area contributed by atoms with E-state index < -0.39 is 0 Å². The predicted octanol–water partition coefficient (Wildman–Crippen LogP) is 2.43. The van der Waals surface area contributed by atoms with Crippen LogP contribution in [0.3, 0.4) is 0 Å². The number of pyridine rings is 1. The second-order valence-electron chi connectivity index (χ2n) is 6.50. The highest BCUT2D eigenvalue weighted by Crippen LogP contribution is 2.34. The molecule has 0 bridgehead atoms. The number of carbonyl (C=O) groups excluding carboxylic acids is 1. The van der Waals surface area contributed by atoms with E-state index in [0.29, 0.717) is 11.7 Å². The van der Waals surface area contributed by atoms with Gasteiger partial charge in [-0.1, -0.05) is 36.4 Å². The van der Waals surface area contributed by atoms with Gasteiger partial charge in [-0.05, 0) is 30.0 Å². The summed E-state index contributed by atoms with van der Waals surface area (Å²) in [5, 5.41) is 0. The van der Waals surface area contributed by atoms with Crippen molar-refractivity contribution in [2.24, 2.45) is 5.92 Å². The highest BCUT2D eigenvalue weighted by Gasteiger charge is 2.43. The molecule has 0 N–H and O–H groups in total. The maximum Gasteiger partial charge on any atom is 0.272 e. The molecule has 1 aromatic heterocycles. The summed E-state index contributed by atoms with van der Waals surface area (Å²) in [7, 11) is 0. The van der Waals surface area contributed by atoms with Crippen LogP contribution in [0, 0.1) is 5.92 Å². The van der Waals surface area contributed by atoms with Crippen molar-refractivity contribution < 1.29 is 4.79 Å². The molecule has 4 rings (SSSR count). The Hall–Kier alpha value is -2.20. The Labute approximate surface area is 136 Å². The number of fused-ring (bicyclic) bond motifs is 1. The Morgan fingerprint density at radius 1 is 1.09 bits per heavy atom. The van der Waals surface area contributed by atoms with Gasteiger partial charge in [0.15, 0.2) is 0 Å². The van der Waals surface area contributed by atoms with Crippen LogP contribution in [0.1, 0.15) is 22.5 Å². The molecule has 1 aromatic carbocycles. The average Bonchev–Trinajstić information content (AvgIpc) is 2.61. The minimum Gasteiger partial charge on any atom is -0.336 e. The predicted molar refractivity (Wildman–Crippen MR) is 88.9 cm³/mol. The summed E-state index contributed by atoms with van der Waals surface area (Å²) in [6, 6.07) is 16.6. The zero-order valence-corrected chi connectivity index (χ0v) is 13.1. The molecular formula is C19H21N3O. The van der Waals surface area contributed by atoms with Crippen molar-refractivity contribution in [3.05, 3.63) is 66.0 Å². The Kier molecular flexibility index (Phi) is 3.83. The van der Waals surface area contributed by atoms with Crippen LogP contribution in [0.2, 0.25) is 0 Å². The smallest absolute Gasteiger partial charge is 0.272 e. The maximum atomic E-state index is 12.6. The third-order valence-corrected chi connectivity index (χ3v) is 5.06. The molecule has 0 saturated carbocycles. The number of nitrogens with zero attached hydrogens (tertiary/aromatic N) is 3. The Balaban J connectivity index is 1.41. The van der Waals surface area contributed by atoms with Gasteiger partial charge in [-0.15, -0.1) is 0 Å². The minimum atomic E-state index is 0.0654. The Morgan fingerprint density at radius 3 is 2.70 bits per heavy atom. The van der Waals surface area contributed by atoms with Gasteiger partial charge in [-0.3, -0.25) is 14.7 Å². The normalized spacial score (nSPS) is 23.9. The summed E-state index contributed by atoms with van der Waals surface area (Å²) in [5.41, 5.74) is 1.90. The summed E-state index contributed by atoms with van der Waals surface area (Å²) >= 11 is 0. The number of hydrogen-bond acceptors (Lipinski definition) is 3. The fourth-order valence-electron chi connectivity index (χ4n) is 3.74. The van der Waals surface area contributed by atoms with Gasteiger partial charge in [0.2, 0.25) is 0 Å². The van der Waals surface area contributed by atoms with Gasteiger partial charge < -0.3 is 4.90 Å². The van der Waals surface area contributed by atoms with E-state index >= 15 is 0 Å². The van der Waals surface area contributed by atoms with Crippen LogP contribution < -0.4 is 0 Å². The molecular weight excluding hydrogens is 286 g/mol. The summed E-state index contributed by atoms with van der Waals surface area (Å²) in [6.45, 7) is 3.82. The highest BCUT2D eigenvalue weighted by molar-refractivity contribution is 5.92. The van der Waals surface area contributed by atoms with E-state index in [1.165, 1.54) is 5.56 Å². The van der Waals surface area contributed by atoms with Crippen LogP contribution in [0.4, 0.5) is 0 Å². The second kappa shape index (κ2) is 6.13. The lowest BCUT2D eigenvalue weighted by Crippen LogP contribution is -2.64. The molecule has 23 heavy (non-hydrogen) atoms. The van der Waals surface area contributed by atoms with Crippen molar-refractivity contribution in [2.45, 2.75) is 19.0 Å². The number of hydrogen-bond donors (Lipinski definition) is 0. The lowest BCUT2D eigenvalue weighted by molar-refractivity contribution is -0.0428.